The molecule has 0 saturated heterocycles. The van der Waals surface area contributed by atoms with Crippen LogP contribution in [-0.4, -0.2) is 36.2 Å². The Bertz CT molecular complexity index is 705. The van der Waals surface area contributed by atoms with Crippen molar-refractivity contribution in [2.45, 2.75) is 24.0 Å². The number of thioether (sulfide) groups is 2. The van der Waals surface area contributed by atoms with Crippen molar-refractivity contribution in [1.29, 1.82) is 0 Å². The van der Waals surface area contributed by atoms with Gasteiger partial charge in [0, 0.05) is 10.5 Å². The fraction of sp³-hybridized carbons (Fsp3) is 0.300. The maximum Gasteiger partial charge on any atom is 0.329 e. The van der Waals surface area contributed by atoms with Crippen LogP contribution >= 0.6 is 23.5 Å². The third kappa shape index (κ3) is 6.42. The molecule has 0 bridgehead atoms. The molecule has 0 spiro atoms. The number of rotatable bonds is 9. The molecule has 0 heterocycles. The number of esters is 1. The van der Waals surface area contributed by atoms with E-state index < -0.39 is 12.0 Å². The zero-order valence-electron chi connectivity index (χ0n) is 14.9. The number of hydrogen-bond donors (Lipinski definition) is 1. The minimum Gasteiger partial charge on any atom is -0.459 e. The van der Waals surface area contributed by atoms with Crippen LogP contribution in [0.4, 0.5) is 0 Å². The number of ether oxygens (including phenoxy) is 1. The molecule has 1 N–H and O–H groups in total. The van der Waals surface area contributed by atoms with Crippen LogP contribution in [0.15, 0.2) is 59.5 Å². The first kappa shape index (κ1) is 20.4. The summed E-state index contributed by atoms with van der Waals surface area (Å²) in [5.41, 5.74) is 1.45. The van der Waals surface area contributed by atoms with Crippen LogP contribution in [0.25, 0.3) is 0 Å². The Morgan fingerprint density at radius 3 is 2.35 bits per heavy atom. The summed E-state index contributed by atoms with van der Waals surface area (Å²) < 4.78 is 5.43. The van der Waals surface area contributed by atoms with Crippen LogP contribution in [-0.2, 0) is 16.1 Å². The van der Waals surface area contributed by atoms with E-state index >= 15 is 0 Å². The number of hydrogen-bond acceptors (Lipinski definition) is 5. The predicted octanol–water partition coefficient (Wildman–Crippen LogP) is 4.00. The Kier molecular flexibility index (Phi) is 8.58. The van der Waals surface area contributed by atoms with Gasteiger partial charge in [-0.25, -0.2) is 4.79 Å². The molecule has 1 atom stereocenters. The molecule has 2 aromatic rings. The highest BCUT2D eigenvalue weighted by Crippen LogP contribution is 2.15. The van der Waals surface area contributed by atoms with Gasteiger partial charge in [-0.15, -0.1) is 11.8 Å². The van der Waals surface area contributed by atoms with Gasteiger partial charge in [-0.3, -0.25) is 4.79 Å². The first-order valence-corrected chi connectivity index (χ1v) is 10.9. The van der Waals surface area contributed by atoms with Gasteiger partial charge in [0.1, 0.15) is 12.6 Å². The molecule has 0 unspecified atom stereocenters. The number of carbonyl (C=O) groups is 2. The Morgan fingerprint density at radius 2 is 1.73 bits per heavy atom. The van der Waals surface area contributed by atoms with Crippen molar-refractivity contribution in [2.75, 3.05) is 18.3 Å². The number of amides is 1. The highest BCUT2D eigenvalue weighted by Gasteiger charge is 2.22. The van der Waals surface area contributed by atoms with Gasteiger partial charge in [0.15, 0.2) is 0 Å². The highest BCUT2D eigenvalue weighted by atomic mass is 32.2. The molecule has 6 heteroatoms. The summed E-state index contributed by atoms with van der Waals surface area (Å²) in [5.74, 6) is 0.0901. The van der Waals surface area contributed by atoms with Crippen LogP contribution < -0.4 is 5.32 Å². The lowest BCUT2D eigenvalue weighted by Gasteiger charge is -2.17. The molecule has 26 heavy (non-hydrogen) atoms. The fourth-order valence-corrected chi connectivity index (χ4v) is 3.17. The van der Waals surface area contributed by atoms with E-state index in [1.165, 1.54) is 0 Å². The normalized spacial score (nSPS) is 11.6. The van der Waals surface area contributed by atoms with E-state index in [9.17, 15) is 9.59 Å². The van der Waals surface area contributed by atoms with Crippen molar-refractivity contribution in [2.24, 2.45) is 0 Å². The van der Waals surface area contributed by atoms with E-state index in [1.807, 2.05) is 42.8 Å². The van der Waals surface area contributed by atoms with Crippen LogP contribution in [0.1, 0.15) is 22.3 Å². The molecular formula is C20H23NO3S2. The molecule has 1 amide bonds. The molecule has 138 valence electrons. The van der Waals surface area contributed by atoms with E-state index in [0.29, 0.717) is 12.0 Å². The lowest BCUT2D eigenvalue weighted by Crippen LogP contribution is -2.42. The SMILES string of the molecule is CSCC[C@@H](NC(=O)c1ccccc1)C(=O)OCc1ccc(SC)cc1. The number of carbonyl (C=O) groups excluding carboxylic acids is 2. The second kappa shape index (κ2) is 10.9. The average molecular weight is 390 g/mol. The molecule has 0 fully saturated rings. The van der Waals surface area contributed by atoms with Gasteiger partial charge in [-0.2, -0.15) is 11.8 Å². The lowest BCUT2D eigenvalue weighted by atomic mass is 10.1. The summed E-state index contributed by atoms with van der Waals surface area (Å²) in [6.07, 6.45) is 4.51. The smallest absolute Gasteiger partial charge is 0.329 e. The summed E-state index contributed by atoms with van der Waals surface area (Å²) in [5, 5.41) is 2.79. The van der Waals surface area contributed by atoms with Gasteiger partial charge in [-0.1, -0.05) is 30.3 Å². The van der Waals surface area contributed by atoms with Crippen molar-refractivity contribution >= 4 is 35.4 Å². The molecule has 2 rings (SSSR count). The molecule has 0 saturated carbocycles. The molecule has 0 radical (unpaired) electrons. The first-order chi connectivity index (χ1) is 12.6. The van der Waals surface area contributed by atoms with Gasteiger partial charge in [-0.05, 0) is 54.5 Å². The van der Waals surface area contributed by atoms with Gasteiger partial charge in [0.2, 0.25) is 0 Å². The van der Waals surface area contributed by atoms with E-state index in [4.69, 9.17) is 4.74 Å². The third-order valence-electron chi connectivity index (χ3n) is 3.78. The van der Waals surface area contributed by atoms with E-state index in [2.05, 4.69) is 5.32 Å². The van der Waals surface area contributed by atoms with Gasteiger partial charge < -0.3 is 10.1 Å². The van der Waals surface area contributed by atoms with Crippen LogP contribution in [0.5, 0.6) is 0 Å². The maximum atomic E-state index is 12.5. The molecule has 0 aliphatic carbocycles. The monoisotopic (exact) mass is 389 g/mol. The minimum absolute atomic E-state index is 0.199. The Hall–Kier alpha value is -1.92. The largest absolute Gasteiger partial charge is 0.459 e. The molecule has 0 aliphatic rings. The first-order valence-electron chi connectivity index (χ1n) is 8.28. The maximum absolute atomic E-state index is 12.5. The molecule has 2 aromatic carbocycles. The molecule has 0 aromatic heterocycles. The van der Waals surface area contributed by atoms with E-state index in [0.717, 1.165) is 16.2 Å². The minimum atomic E-state index is -0.652. The Labute approximate surface area is 163 Å². The summed E-state index contributed by atoms with van der Waals surface area (Å²) >= 11 is 3.29. The van der Waals surface area contributed by atoms with E-state index in [-0.39, 0.29) is 12.5 Å². The van der Waals surface area contributed by atoms with Gasteiger partial charge >= 0.3 is 5.97 Å². The summed E-state index contributed by atoms with van der Waals surface area (Å²) in [6, 6.07) is 16.1. The van der Waals surface area contributed by atoms with Crippen LogP contribution in [0.3, 0.4) is 0 Å². The Balaban J connectivity index is 1.95. The van der Waals surface area contributed by atoms with Crippen molar-refractivity contribution in [3.63, 3.8) is 0 Å². The van der Waals surface area contributed by atoms with Crippen molar-refractivity contribution < 1.29 is 14.3 Å². The fourth-order valence-electron chi connectivity index (χ4n) is 2.29. The zero-order valence-corrected chi connectivity index (χ0v) is 16.6. The van der Waals surface area contributed by atoms with Crippen LogP contribution in [0.2, 0.25) is 0 Å². The molecule has 4 nitrogen and oxygen atoms in total. The van der Waals surface area contributed by atoms with Crippen molar-refractivity contribution in [3.8, 4) is 0 Å². The predicted molar refractivity (Wildman–Crippen MR) is 109 cm³/mol. The standard InChI is InChI=1S/C20H23NO3S2/c1-25-13-12-18(21-19(22)16-6-4-3-5-7-16)20(23)24-14-15-8-10-17(26-2)11-9-15/h3-11,18H,12-14H2,1-2H3,(H,21,22)/t18-/m1/s1. The number of benzene rings is 2. The zero-order chi connectivity index (χ0) is 18.8. The topological polar surface area (TPSA) is 55.4 Å². The van der Waals surface area contributed by atoms with Gasteiger partial charge in [0.25, 0.3) is 5.91 Å². The van der Waals surface area contributed by atoms with Crippen molar-refractivity contribution in [3.05, 3.63) is 65.7 Å². The third-order valence-corrected chi connectivity index (χ3v) is 5.16. The lowest BCUT2D eigenvalue weighted by molar-refractivity contribution is -0.147. The van der Waals surface area contributed by atoms with Gasteiger partial charge in [0.05, 0.1) is 0 Å². The van der Waals surface area contributed by atoms with E-state index in [1.54, 1.807) is 47.8 Å². The second-order valence-electron chi connectivity index (χ2n) is 5.63. The number of nitrogens with one attached hydrogen (secondary N) is 1. The summed E-state index contributed by atoms with van der Waals surface area (Å²) in [4.78, 5) is 26.0. The quantitative estimate of drug-likeness (QED) is 0.519. The molecule has 0 aliphatic heterocycles. The molecular weight excluding hydrogens is 366 g/mol. The summed E-state index contributed by atoms with van der Waals surface area (Å²) in [7, 11) is 0. The van der Waals surface area contributed by atoms with Crippen LogP contribution in [0, 0.1) is 0 Å². The summed E-state index contributed by atoms with van der Waals surface area (Å²) in [6.45, 7) is 0.199. The highest BCUT2D eigenvalue weighted by molar-refractivity contribution is 7.98. The Morgan fingerprint density at radius 1 is 1.04 bits per heavy atom. The second-order valence-corrected chi connectivity index (χ2v) is 7.49. The average Bonchev–Trinajstić information content (AvgIpc) is 2.70. The van der Waals surface area contributed by atoms with Crippen molar-refractivity contribution in [1.82, 2.24) is 5.32 Å².